The molecule has 8 heteroatoms. The molecular formula is C18H31ClN4O3. The number of aryl methyl sites for hydroxylation is 1. The normalized spacial score (nSPS) is 30.4. The number of ether oxygens (including phenoxy) is 1. The van der Waals surface area contributed by atoms with Crippen molar-refractivity contribution in [3.8, 4) is 0 Å². The molecule has 1 aromatic heterocycles. The summed E-state index contributed by atoms with van der Waals surface area (Å²) in [7, 11) is 0. The molecule has 26 heavy (non-hydrogen) atoms. The zero-order valence-electron chi connectivity index (χ0n) is 16.2. The van der Waals surface area contributed by atoms with E-state index in [-0.39, 0.29) is 29.8 Å². The minimum atomic E-state index is -0.836. The number of hydrogen-bond donors (Lipinski definition) is 1. The van der Waals surface area contributed by atoms with Crippen molar-refractivity contribution in [3.63, 3.8) is 0 Å². The monoisotopic (exact) mass is 386 g/mol. The smallest absolute Gasteiger partial charge is 0.243 e. The number of likely N-dealkylation sites (tertiary alicyclic amines) is 1. The molecule has 7 nitrogen and oxygen atoms in total. The van der Waals surface area contributed by atoms with Crippen molar-refractivity contribution < 1.29 is 14.1 Å². The third-order valence-electron chi connectivity index (χ3n) is 6.06. The SMILES string of the molecule is CCOC1CC(N)(C(=O)N2CCCC(Cc3noc(C)n3)C2)C1(C)C.Cl. The van der Waals surface area contributed by atoms with Gasteiger partial charge in [0, 0.05) is 44.9 Å². The average molecular weight is 387 g/mol. The van der Waals surface area contributed by atoms with E-state index in [1.165, 1.54) is 0 Å². The number of rotatable bonds is 5. The van der Waals surface area contributed by atoms with E-state index in [1.807, 2.05) is 25.7 Å². The summed E-state index contributed by atoms with van der Waals surface area (Å²) in [6.45, 7) is 9.97. The lowest BCUT2D eigenvalue weighted by molar-refractivity contribution is -0.180. The fourth-order valence-electron chi connectivity index (χ4n) is 4.18. The minimum absolute atomic E-state index is 0. The van der Waals surface area contributed by atoms with E-state index in [4.69, 9.17) is 15.0 Å². The van der Waals surface area contributed by atoms with E-state index in [9.17, 15) is 4.79 Å². The summed E-state index contributed by atoms with van der Waals surface area (Å²) in [5.74, 6) is 1.71. The molecule has 0 aromatic carbocycles. The van der Waals surface area contributed by atoms with E-state index in [0.29, 0.717) is 31.4 Å². The highest BCUT2D eigenvalue weighted by Gasteiger charge is 2.63. The van der Waals surface area contributed by atoms with Crippen LogP contribution in [-0.2, 0) is 16.0 Å². The maximum Gasteiger partial charge on any atom is 0.243 e. The Morgan fingerprint density at radius 2 is 2.19 bits per heavy atom. The molecule has 1 aromatic rings. The van der Waals surface area contributed by atoms with Crippen LogP contribution in [0.15, 0.2) is 4.52 Å². The maximum absolute atomic E-state index is 13.2. The Hall–Kier alpha value is -1.18. The second-order valence-electron chi connectivity index (χ2n) is 8.03. The van der Waals surface area contributed by atoms with Crippen LogP contribution in [0, 0.1) is 18.3 Å². The van der Waals surface area contributed by atoms with Gasteiger partial charge in [-0.2, -0.15) is 4.98 Å². The molecule has 2 fully saturated rings. The van der Waals surface area contributed by atoms with E-state index >= 15 is 0 Å². The summed E-state index contributed by atoms with van der Waals surface area (Å²) in [6, 6.07) is 0. The van der Waals surface area contributed by atoms with Gasteiger partial charge in [-0.3, -0.25) is 4.79 Å². The molecule has 0 radical (unpaired) electrons. The molecule has 0 spiro atoms. The predicted molar refractivity (Wildman–Crippen MR) is 100 cm³/mol. The van der Waals surface area contributed by atoms with Crippen LogP contribution >= 0.6 is 12.4 Å². The minimum Gasteiger partial charge on any atom is -0.378 e. The van der Waals surface area contributed by atoms with E-state index in [2.05, 4.69) is 10.1 Å². The third-order valence-corrected chi connectivity index (χ3v) is 6.06. The van der Waals surface area contributed by atoms with Crippen LogP contribution in [0.25, 0.3) is 0 Å². The van der Waals surface area contributed by atoms with Gasteiger partial charge in [0.1, 0.15) is 5.54 Å². The molecule has 2 heterocycles. The fraction of sp³-hybridized carbons (Fsp3) is 0.833. The highest BCUT2D eigenvalue weighted by Crippen LogP contribution is 2.50. The van der Waals surface area contributed by atoms with Crippen molar-refractivity contribution in [1.82, 2.24) is 15.0 Å². The molecule has 3 unspecified atom stereocenters. The molecule has 2 N–H and O–H groups in total. The van der Waals surface area contributed by atoms with E-state index < -0.39 is 5.54 Å². The summed E-state index contributed by atoms with van der Waals surface area (Å²) in [5, 5.41) is 3.98. The van der Waals surface area contributed by atoms with Gasteiger partial charge < -0.3 is 19.9 Å². The standard InChI is InChI=1S/C18H30N4O3.ClH/c1-5-24-14-10-18(19,17(14,3)4)16(23)22-8-6-7-13(11-22)9-15-20-12(2)25-21-15;/h13-14H,5-11,19H2,1-4H3;1H. The highest BCUT2D eigenvalue weighted by atomic mass is 35.5. The molecule has 1 amide bonds. The van der Waals surface area contributed by atoms with Gasteiger partial charge in [0.2, 0.25) is 11.8 Å². The molecule has 3 atom stereocenters. The first-order chi connectivity index (χ1) is 11.8. The number of carbonyl (C=O) groups excluding carboxylic acids is 1. The first-order valence-electron chi connectivity index (χ1n) is 9.27. The Bertz CT molecular complexity index is 636. The van der Waals surface area contributed by atoms with Gasteiger partial charge in [0.05, 0.1) is 6.10 Å². The molecule has 1 saturated carbocycles. The third kappa shape index (κ3) is 3.62. The number of halogens is 1. The molecule has 0 bridgehead atoms. The lowest BCUT2D eigenvalue weighted by Crippen LogP contribution is -2.76. The van der Waals surface area contributed by atoms with Crippen molar-refractivity contribution in [3.05, 3.63) is 11.7 Å². The molecule has 2 aliphatic rings. The Morgan fingerprint density at radius 3 is 2.77 bits per heavy atom. The van der Waals surface area contributed by atoms with Crippen LogP contribution in [0.1, 0.15) is 51.7 Å². The summed E-state index contributed by atoms with van der Waals surface area (Å²) in [4.78, 5) is 19.4. The Morgan fingerprint density at radius 1 is 1.46 bits per heavy atom. The van der Waals surface area contributed by atoms with Crippen LogP contribution in [0.4, 0.5) is 0 Å². The molecule has 3 rings (SSSR count). The van der Waals surface area contributed by atoms with Crippen LogP contribution in [0.2, 0.25) is 0 Å². The first-order valence-corrected chi connectivity index (χ1v) is 9.27. The zero-order chi connectivity index (χ0) is 18.2. The summed E-state index contributed by atoms with van der Waals surface area (Å²) < 4.78 is 10.8. The van der Waals surface area contributed by atoms with Crippen LogP contribution in [0.3, 0.4) is 0 Å². The Balaban J connectivity index is 0.00000243. The molecular weight excluding hydrogens is 356 g/mol. The number of nitrogens with two attached hydrogens (primary N) is 1. The summed E-state index contributed by atoms with van der Waals surface area (Å²) in [6.07, 6.45) is 3.44. The van der Waals surface area contributed by atoms with Gasteiger partial charge in [-0.1, -0.05) is 19.0 Å². The van der Waals surface area contributed by atoms with E-state index in [1.54, 1.807) is 6.92 Å². The first kappa shape index (κ1) is 21.1. The van der Waals surface area contributed by atoms with Gasteiger partial charge in [0.15, 0.2) is 5.82 Å². The van der Waals surface area contributed by atoms with Gasteiger partial charge in [-0.25, -0.2) is 0 Å². The number of nitrogens with zero attached hydrogens (tertiary/aromatic N) is 3. The van der Waals surface area contributed by atoms with Crippen molar-refractivity contribution in [1.29, 1.82) is 0 Å². The lowest BCUT2D eigenvalue weighted by Gasteiger charge is -2.59. The average Bonchev–Trinajstić information content (AvgIpc) is 2.99. The Kier molecular flexibility index (Phi) is 6.36. The number of piperidine rings is 1. The molecule has 148 valence electrons. The number of amides is 1. The maximum atomic E-state index is 13.2. The predicted octanol–water partition coefficient (Wildman–Crippen LogP) is 2.11. The van der Waals surface area contributed by atoms with Gasteiger partial charge in [0.25, 0.3) is 0 Å². The van der Waals surface area contributed by atoms with Gasteiger partial charge >= 0.3 is 0 Å². The summed E-state index contributed by atoms with van der Waals surface area (Å²) >= 11 is 0. The molecule has 1 aliphatic heterocycles. The molecule has 1 aliphatic carbocycles. The molecule has 1 saturated heterocycles. The van der Waals surface area contributed by atoms with Crippen LogP contribution in [0.5, 0.6) is 0 Å². The number of carbonyl (C=O) groups is 1. The zero-order valence-corrected chi connectivity index (χ0v) is 17.0. The van der Waals surface area contributed by atoms with Gasteiger partial charge in [-0.15, -0.1) is 12.4 Å². The number of aromatic nitrogens is 2. The van der Waals surface area contributed by atoms with Crippen molar-refractivity contribution in [2.24, 2.45) is 17.1 Å². The largest absolute Gasteiger partial charge is 0.378 e. The van der Waals surface area contributed by atoms with Crippen molar-refractivity contribution in [2.45, 2.75) is 65.0 Å². The Labute approximate surface area is 161 Å². The topological polar surface area (TPSA) is 94.5 Å². The quantitative estimate of drug-likeness (QED) is 0.832. The second kappa shape index (κ2) is 7.82. The lowest BCUT2D eigenvalue weighted by atomic mass is 9.54. The van der Waals surface area contributed by atoms with Crippen molar-refractivity contribution >= 4 is 18.3 Å². The number of hydrogen-bond acceptors (Lipinski definition) is 6. The van der Waals surface area contributed by atoms with Crippen molar-refractivity contribution in [2.75, 3.05) is 19.7 Å². The van der Waals surface area contributed by atoms with Gasteiger partial charge in [-0.05, 0) is 25.7 Å². The van der Waals surface area contributed by atoms with E-state index in [0.717, 1.165) is 31.6 Å². The second-order valence-corrected chi connectivity index (χ2v) is 8.03. The fourth-order valence-corrected chi connectivity index (χ4v) is 4.18. The van der Waals surface area contributed by atoms with Crippen LogP contribution < -0.4 is 5.73 Å². The van der Waals surface area contributed by atoms with Crippen LogP contribution in [-0.4, -0.2) is 52.3 Å². The summed E-state index contributed by atoms with van der Waals surface area (Å²) in [5.41, 5.74) is 5.38. The highest BCUT2D eigenvalue weighted by molar-refractivity contribution is 5.89.